The molecule has 1 amide bonds. The second-order valence-electron chi connectivity index (χ2n) is 4.50. The Morgan fingerprint density at radius 2 is 2.06 bits per heavy atom. The molecule has 0 bridgehead atoms. The van der Waals surface area contributed by atoms with Crippen molar-refractivity contribution in [3.05, 3.63) is 35.9 Å². The Morgan fingerprint density at radius 3 is 2.56 bits per heavy atom. The molecule has 1 unspecified atom stereocenters. The van der Waals surface area contributed by atoms with E-state index in [0.29, 0.717) is 13.1 Å². The van der Waals surface area contributed by atoms with Gasteiger partial charge in [-0.3, -0.25) is 4.79 Å². The normalized spacial score (nSPS) is 13.4. The van der Waals surface area contributed by atoms with Crippen LogP contribution in [0.15, 0.2) is 30.3 Å². The molecule has 0 aliphatic carbocycles. The summed E-state index contributed by atoms with van der Waals surface area (Å²) in [5.41, 5.74) is 5.95. The molecule has 18 heavy (non-hydrogen) atoms. The van der Waals surface area contributed by atoms with Crippen molar-refractivity contribution in [1.29, 1.82) is 0 Å². The fourth-order valence-corrected chi connectivity index (χ4v) is 1.87. The van der Waals surface area contributed by atoms with Gasteiger partial charge in [-0.1, -0.05) is 43.2 Å². The predicted molar refractivity (Wildman–Crippen MR) is 73.7 cm³/mol. The van der Waals surface area contributed by atoms with Crippen LogP contribution in [-0.2, 0) is 10.3 Å². The Labute approximate surface area is 109 Å². The van der Waals surface area contributed by atoms with Crippen molar-refractivity contribution in [2.75, 3.05) is 13.1 Å². The highest BCUT2D eigenvalue weighted by atomic mass is 16.2. The Hall–Kier alpha value is -1.79. The molecule has 1 aromatic carbocycles. The van der Waals surface area contributed by atoms with Crippen LogP contribution >= 0.6 is 0 Å². The summed E-state index contributed by atoms with van der Waals surface area (Å²) in [5, 5.41) is 0. The largest absolute Gasteiger partial charge is 0.330 e. The number of benzene rings is 1. The third-order valence-corrected chi connectivity index (χ3v) is 2.88. The van der Waals surface area contributed by atoms with Gasteiger partial charge in [-0.15, -0.1) is 6.42 Å². The first-order chi connectivity index (χ1) is 8.54. The number of hydrogen-bond acceptors (Lipinski definition) is 2. The molecule has 0 aliphatic heterocycles. The molecule has 0 heterocycles. The van der Waals surface area contributed by atoms with Crippen molar-refractivity contribution >= 4 is 5.91 Å². The molecule has 0 spiro atoms. The first-order valence-corrected chi connectivity index (χ1v) is 6.11. The molecule has 96 valence electrons. The molecular weight excluding hydrogens is 224 g/mol. The fourth-order valence-electron chi connectivity index (χ4n) is 1.87. The van der Waals surface area contributed by atoms with Gasteiger partial charge in [-0.25, -0.2) is 0 Å². The molecule has 3 nitrogen and oxygen atoms in total. The highest BCUT2D eigenvalue weighted by Gasteiger charge is 2.33. The van der Waals surface area contributed by atoms with Crippen molar-refractivity contribution in [3.63, 3.8) is 0 Å². The number of carbonyl (C=O) groups excluding carboxylic acids is 1. The molecule has 0 aliphatic rings. The lowest BCUT2D eigenvalue weighted by Crippen LogP contribution is -2.51. The van der Waals surface area contributed by atoms with E-state index >= 15 is 0 Å². The first-order valence-electron chi connectivity index (χ1n) is 6.11. The van der Waals surface area contributed by atoms with Crippen molar-refractivity contribution < 1.29 is 4.79 Å². The van der Waals surface area contributed by atoms with Gasteiger partial charge < -0.3 is 10.6 Å². The minimum Gasteiger partial charge on any atom is -0.330 e. The van der Waals surface area contributed by atoms with Crippen LogP contribution in [0.3, 0.4) is 0 Å². The van der Waals surface area contributed by atoms with Gasteiger partial charge in [-0.2, -0.15) is 0 Å². The van der Waals surface area contributed by atoms with E-state index < -0.39 is 5.54 Å². The quantitative estimate of drug-likeness (QED) is 0.802. The number of rotatable bonds is 5. The molecule has 0 saturated carbocycles. The first kappa shape index (κ1) is 14.3. The van der Waals surface area contributed by atoms with Crippen molar-refractivity contribution in [1.82, 2.24) is 4.90 Å². The number of nitrogens with two attached hydrogens (primary N) is 1. The molecule has 2 N–H and O–H groups in total. The maximum atomic E-state index is 12.5. The Bertz CT molecular complexity index is 432. The summed E-state index contributed by atoms with van der Waals surface area (Å²) < 4.78 is 0. The van der Waals surface area contributed by atoms with E-state index in [1.54, 1.807) is 11.8 Å². The van der Waals surface area contributed by atoms with E-state index in [0.717, 1.165) is 12.0 Å². The lowest BCUT2D eigenvalue weighted by molar-refractivity contribution is -0.136. The Morgan fingerprint density at radius 1 is 1.44 bits per heavy atom. The van der Waals surface area contributed by atoms with Crippen LogP contribution in [0.25, 0.3) is 0 Å². The van der Waals surface area contributed by atoms with Gasteiger partial charge in [0.15, 0.2) is 0 Å². The number of amides is 1. The number of nitrogens with zero attached hydrogens (tertiary/aromatic N) is 1. The number of hydrogen-bond donors (Lipinski definition) is 1. The monoisotopic (exact) mass is 244 g/mol. The molecule has 3 heteroatoms. The van der Waals surface area contributed by atoms with Crippen molar-refractivity contribution in [2.45, 2.75) is 25.8 Å². The van der Waals surface area contributed by atoms with Gasteiger partial charge in [0, 0.05) is 6.54 Å². The lowest BCUT2D eigenvalue weighted by Gasteiger charge is -2.31. The fraction of sp³-hybridized carbons (Fsp3) is 0.400. The predicted octanol–water partition coefficient (Wildman–Crippen LogP) is 1.73. The third kappa shape index (κ3) is 3.12. The SMILES string of the molecule is C#CCN(CCC)C(=O)C(C)(N)c1ccccc1. The van der Waals surface area contributed by atoms with Crippen molar-refractivity contribution in [2.24, 2.45) is 5.73 Å². The summed E-state index contributed by atoms with van der Waals surface area (Å²) in [6, 6.07) is 9.36. The number of carbonyl (C=O) groups is 1. The highest BCUT2D eigenvalue weighted by molar-refractivity contribution is 5.87. The molecule has 0 aromatic heterocycles. The zero-order chi connectivity index (χ0) is 13.6. The van der Waals surface area contributed by atoms with Gasteiger partial charge in [0.2, 0.25) is 5.91 Å². The average molecular weight is 244 g/mol. The average Bonchev–Trinajstić information content (AvgIpc) is 2.38. The smallest absolute Gasteiger partial charge is 0.247 e. The van der Waals surface area contributed by atoms with Crippen LogP contribution in [-0.4, -0.2) is 23.9 Å². The van der Waals surface area contributed by atoms with E-state index in [2.05, 4.69) is 5.92 Å². The van der Waals surface area contributed by atoms with E-state index in [4.69, 9.17) is 12.2 Å². The molecule has 0 radical (unpaired) electrons. The van der Waals surface area contributed by atoms with Gasteiger partial charge in [0.25, 0.3) is 0 Å². The topological polar surface area (TPSA) is 46.3 Å². The zero-order valence-corrected chi connectivity index (χ0v) is 11.0. The molecular formula is C15H20N2O. The van der Waals surface area contributed by atoms with E-state index in [1.807, 2.05) is 37.3 Å². The molecule has 1 atom stereocenters. The standard InChI is InChI=1S/C15H20N2O/c1-4-11-17(12-5-2)14(18)15(3,16)13-9-7-6-8-10-13/h1,6-10H,5,11-12,16H2,2-3H3. The van der Waals surface area contributed by atoms with Crippen LogP contribution in [0.2, 0.25) is 0 Å². The summed E-state index contributed by atoms with van der Waals surface area (Å²) in [6.07, 6.45) is 6.15. The second kappa shape index (κ2) is 6.23. The van der Waals surface area contributed by atoms with E-state index in [-0.39, 0.29) is 5.91 Å². The van der Waals surface area contributed by atoms with Gasteiger partial charge in [-0.05, 0) is 18.9 Å². The van der Waals surface area contributed by atoms with Crippen molar-refractivity contribution in [3.8, 4) is 12.3 Å². The van der Waals surface area contributed by atoms with Gasteiger partial charge in [0.1, 0.15) is 5.54 Å². The van der Waals surface area contributed by atoms with Gasteiger partial charge in [0.05, 0.1) is 6.54 Å². The van der Waals surface area contributed by atoms with E-state index in [1.165, 1.54) is 0 Å². The maximum absolute atomic E-state index is 12.5. The Kier molecular flexibility index (Phi) is 4.94. The van der Waals surface area contributed by atoms with Gasteiger partial charge >= 0.3 is 0 Å². The minimum atomic E-state index is -1.03. The summed E-state index contributed by atoms with van der Waals surface area (Å²) >= 11 is 0. The minimum absolute atomic E-state index is 0.131. The second-order valence-corrected chi connectivity index (χ2v) is 4.50. The maximum Gasteiger partial charge on any atom is 0.247 e. The third-order valence-electron chi connectivity index (χ3n) is 2.88. The summed E-state index contributed by atoms with van der Waals surface area (Å²) in [7, 11) is 0. The number of terminal acetylenes is 1. The summed E-state index contributed by atoms with van der Waals surface area (Å²) in [4.78, 5) is 14.1. The Balaban J connectivity index is 2.96. The zero-order valence-electron chi connectivity index (χ0n) is 11.0. The highest BCUT2D eigenvalue weighted by Crippen LogP contribution is 2.20. The van der Waals surface area contributed by atoms with Crippen LogP contribution in [0.4, 0.5) is 0 Å². The molecule has 0 fully saturated rings. The van der Waals surface area contributed by atoms with Crippen LogP contribution in [0.5, 0.6) is 0 Å². The van der Waals surface area contributed by atoms with Crippen LogP contribution in [0.1, 0.15) is 25.8 Å². The molecule has 1 rings (SSSR count). The summed E-state index contributed by atoms with van der Waals surface area (Å²) in [6.45, 7) is 4.66. The van der Waals surface area contributed by atoms with Crippen LogP contribution < -0.4 is 5.73 Å². The molecule has 0 saturated heterocycles. The summed E-state index contributed by atoms with van der Waals surface area (Å²) in [5.74, 6) is 2.38. The molecule has 1 aromatic rings. The van der Waals surface area contributed by atoms with E-state index in [9.17, 15) is 4.79 Å². The van der Waals surface area contributed by atoms with Crippen LogP contribution in [0, 0.1) is 12.3 Å². The lowest BCUT2D eigenvalue weighted by atomic mass is 9.91.